The molecule has 0 unspecified atom stereocenters. The van der Waals surface area contributed by atoms with Crippen molar-refractivity contribution in [2.75, 3.05) is 17.1 Å². The summed E-state index contributed by atoms with van der Waals surface area (Å²) in [5.74, 6) is -0.271. The number of nitrogens with zero attached hydrogens (tertiary/aromatic N) is 1. The Morgan fingerprint density at radius 3 is 2.62 bits per heavy atom. The Kier molecular flexibility index (Phi) is 6.87. The zero-order valence-electron chi connectivity index (χ0n) is 16.2. The highest BCUT2D eigenvalue weighted by Crippen LogP contribution is 2.26. The summed E-state index contributed by atoms with van der Waals surface area (Å²) in [6.45, 7) is 5.94. The molecular formula is C20H30N2O3S. The van der Waals surface area contributed by atoms with Crippen LogP contribution in [0.2, 0.25) is 0 Å². The van der Waals surface area contributed by atoms with Gasteiger partial charge < -0.3 is 5.32 Å². The quantitative estimate of drug-likeness (QED) is 0.739. The van der Waals surface area contributed by atoms with Crippen LogP contribution < -0.4 is 9.62 Å². The molecule has 1 amide bonds. The summed E-state index contributed by atoms with van der Waals surface area (Å²) in [6.07, 6.45) is 8.92. The fraction of sp³-hybridized carbons (Fsp3) is 0.550. The van der Waals surface area contributed by atoms with Gasteiger partial charge in [-0.3, -0.25) is 9.10 Å². The minimum Gasteiger partial charge on any atom is -0.354 e. The van der Waals surface area contributed by atoms with Crippen LogP contribution in [0.4, 0.5) is 5.69 Å². The van der Waals surface area contributed by atoms with Gasteiger partial charge in [-0.15, -0.1) is 0 Å². The van der Waals surface area contributed by atoms with Crippen LogP contribution in [0.3, 0.4) is 0 Å². The number of carbonyl (C=O) groups is 1. The third-order valence-corrected chi connectivity index (χ3v) is 6.05. The number of carbonyl (C=O) groups excluding carboxylic acids is 1. The van der Waals surface area contributed by atoms with Gasteiger partial charge in [0.25, 0.3) is 0 Å². The maximum Gasteiger partial charge on any atom is 0.243 e. The largest absolute Gasteiger partial charge is 0.354 e. The topological polar surface area (TPSA) is 66.5 Å². The molecule has 1 aromatic rings. The Bertz CT molecular complexity index is 784. The summed E-state index contributed by atoms with van der Waals surface area (Å²) in [7, 11) is -3.59. The van der Waals surface area contributed by atoms with E-state index in [0.717, 1.165) is 36.6 Å². The molecule has 0 saturated carbocycles. The van der Waals surface area contributed by atoms with Crippen molar-refractivity contribution in [3.05, 3.63) is 41.0 Å². The van der Waals surface area contributed by atoms with E-state index < -0.39 is 16.1 Å². The molecule has 0 aliphatic heterocycles. The van der Waals surface area contributed by atoms with Crippen molar-refractivity contribution in [2.45, 2.75) is 58.9 Å². The predicted octanol–water partition coefficient (Wildman–Crippen LogP) is 3.46. The minimum atomic E-state index is -3.59. The van der Waals surface area contributed by atoms with Crippen LogP contribution in [0.15, 0.2) is 29.8 Å². The zero-order valence-corrected chi connectivity index (χ0v) is 17.0. The van der Waals surface area contributed by atoms with Gasteiger partial charge in [0.15, 0.2) is 0 Å². The maximum absolute atomic E-state index is 12.6. The van der Waals surface area contributed by atoms with E-state index in [2.05, 4.69) is 11.4 Å². The molecule has 6 heteroatoms. The predicted molar refractivity (Wildman–Crippen MR) is 107 cm³/mol. The van der Waals surface area contributed by atoms with Crippen molar-refractivity contribution in [1.82, 2.24) is 5.32 Å². The second-order valence-corrected chi connectivity index (χ2v) is 9.03. The van der Waals surface area contributed by atoms with Crippen molar-refractivity contribution >= 4 is 21.6 Å². The number of anilines is 1. The van der Waals surface area contributed by atoms with Gasteiger partial charge in [0, 0.05) is 6.54 Å². The second-order valence-electron chi connectivity index (χ2n) is 7.17. The molecule has 0 saturated heterocycles. The van der Waals surface area contributed by atoms with Crippen LogP contribution in [0.5, 0.6) is 0 Å². The van der Waals surface area contributed by atoms with Crippen LogP contribution in [0, 0.1) is 13.8 Å². The highest BCUT2D eigenvalue weighted by Gasteiger charge is 2.30. The molecule has 0 heterocycles. The van der Waals surface area contributed by atoms with E-state index in [-0.39, 0.29) is 5.91 Å². The molecule has 2 rings (SSSR count). The molecule has 0 radical (unpaired) electrons. The number of rotatable bonds is 7. The van der Waals surface area contributed by atoms with Gasteiger partial charge in [0.1, 0.15) is 6.04 Å². The molecule has 1 aromatic carbocycles. The molecule has 5 nitrogen and oxygen atoms in total. The third kappa shape index (κ3) is 5.34. The molecule has 1 N–H and O–H groups in total. The summed E-state index contributed by atoms with van der Waals surface area (Å²) >= 11 is 0. The van der Waals surface area contributed by atoms with E-state index in [9.17, 15) is 13.2 Å². The number of benzene rings is 1. The van der Waals surface area contributed by atoms with Gasteiger partial charge in [-0.1, -0.05) is 23.8 Å². The zero-order chi connectivity index (χ0) is 19.3. The van der Waals surface area contributed by atoms with Crippen LogP contribution >= 0.6 is 0 Å². The van der Waals surface area contributed by atoms with Crippen LogP contribution in [-0.4, -0.2) is 33.2 Å². The Morgan fingerprint density at radius 2 is 2.00 bits per heavy atom. The Morgan fingerprint density at radius 1 is 1.27 bits per heavy atom. The molecule has 144 valence electrons. The average molecular weight is 379 g/mol. The van der Waals surface area contributed by atoms with Crippen LogP contribution in [0.1, 0.15) is 50.2 Å². The van der Waals surface area contributed by atoms with Gasteiger partial charge in [-0.2, -0.15) is 0 Å². The monoisotopic (exact) mass is 378 g/mol. The smallest absolute Gasteiger partial charge is 0.243 e. The van der Waals surface area contributed by atoms with E-state index in [1.807, 2.05) is 32.0 Å². The average Bonchev–Trinajstić information content (AvgIpc) is 2.57. The van der Waals surface area contributed by atoms with Crippen molar-refractivity contribution in [1.29, 1.82) is 0 Å². The first-order valence-electron chi connectivity index (χ1n) is 9.22. The normalized spacial score (nSPS) is 15.9. The fourth-order valence-electron chi connectivity index (χ4n) is 3.36. The number of amides is 1. The number of hydrogen-bond acceptors (Lipinski definition) is 3. The summed E-state index contributed by atoms with van der Waals surface area (Å²) in [6, 6.07) is 4.82. The SMILES string of the molecule is Cc1ccc(C)c(N([C@@H](C)C(=O)NCCC2=CCCCC2)S(C)(=O)=O)c1. The summed E-state index contributed by atoms with van der Waals surface area (Å²) in [5, 5.41) is 2.90. The third-order valence-electron chi connectivity index (χ3n) is 4.82. The lowest BCUT2D eigenvalue weighted by atomic mass is 9.97. The molecule has 26 heavy (non-hydrogen) atoms. The number of sulfonamides is 1. The van der Waals surface area contributed by atoms with Gasteiger partial charge in [-0.05, 0) is 70.1 Å². The van der Waals surface area contributed by atoms with Crippen LogP contribution in [-0.2, 0) is 14.8 Å². The molecule has 0 bridgehead atoms. The molecule has 1 aliphatic carbocycles. The lowest BCUT2D eigenvalue weighted by Crippen LogP contribution is -2.48. The molecule has 0 aromatic heterocycles. The highest BCUT2D eigenvalue weighted by molar-refractivity contribution is 7.92. The summed E-state index contributed by atoms with van der Waals surface area (Å²) in [5.41, 5.74) is 3.73. The summed E-state index contributed by atoms with van der Waals surface area (Å²) in [4.78, 5) is 12.6. The fourth-order valence-corrected chi connectivity index (χ4v) is 4.59. The Balaban J connectivity index is 2.11. The maximum atomic E-state index is 12.6. The molecule has 0 fully saturated rings. The second kappa shape index (κ2) is 8.71. The van der Waals surface area contributed by atoms with Gasteiger partial charge in [0.2, 0.25) is 15.9 Å². The first-order chi connectivity index (χ1) is 12.2. The number of hydrogen-bond donors (Lipinski definition) is 1. The van der Waals surface area contributed by atoms with Crippen LogP contribution in [0.25, 0.3) is 0 Å². The lowest BCUT2D eigenvalue weighted by molar-refractivity contribution is -0.121. The summed E-state index contributed by atoms with van der Waals surface area (Å²) < 4.78 is 26.0. The van der Waals surface area contributed by atoms with Crippen molar-refractivity contribution in [3.8, 4) is 0 Å². The molecule has 1 aliphatic rings. The van der Waals surface area contributed by atoms with Crippen molar-refractivity contribution in [3.63, 3.8) is 0 Å². The lowest BCUT2D eigenvalue weighted by Gasteiger charge is -2.30. The number of aryl methyl sites for hydroxylation is 2. The number of allylic oxidation sites excluding steroid dienone is 1. The Labute approximate surface area is 157 Å². The first-order valence-corrected chi connectivity index (χ1v) is 11.1. The molecule has 1 atom stereocenters. The van der Waals surface area contributed by atoms with Gasteiger partial charge in [0.05, 0.1) is 11.9 Å². The van der Waals surface area contributed by atoms with Gasteiger partial charge >= 0.3 is 0 Å². The molecular weight excluding hydrogens is 348 g/mol. The minimum absolute atomic E-state index is 0.271. The number of nitrogens with one attached hydrogen (secondary N) is 1. The van der Waals surface area contributed by atoms with E-state index >= 15 is 0 Å². The van der Waals surface area contributed by atoms with Gasteiger partial charge in [-0.25, -0.2) is 8.42 Å². The first kappa shape index (κ1) is 20.5. The van der Waals surface area contributed by atoms with Crippen molar-refractivity contribution in [2.24, 2.45) is 0 Å². The standard InChI is InChI=1S/C20H30N2O3S/c1-15-10-11-16(2)19(14-15)22(26(4,24)25)17(3)20(23)21-13-12-18-8-6-5-7-9-18/h8,10-11,14,17H,5-7,9,12-13H2,1-4H3,(H,21,23)/t17-/m0/s1. The van der Waals surface area contributed by atoms with E-state index in [4.69, 9.17) is 0 Å². The Hall–Kier alpha value is -1.82. The van der Waals surface area contributed by atoms with E-state index in [1.54, 1.807) is 6.92 Å². The van der Waals surface area contributed by atoms with Crippen molar-refractivity contribution < 1.29 is 13.2 Å². The van der Waals surface area contributed by atoms with E-state index in [0.29, 0.717) is 12.2 Å². The molecule has 0 spiro atoms. The van der Waals surface area contributed by atoms with E-state index in [1.165, 1.54) is 22.7 Å². The highest BCUT2D eigenvalue weighted by atomic mass is 32.2.